The number of hydrogen-bond donors (Lipinski definition) is 1. The minimum atomic E-state index is -3.33. The van der Waals surface area contributed by atoms with Crippen LogP contribution in [0.4, 0.5) is 0 Å². The molecule has 1 N–H and O–H groups in total. The maximum Gasteiger partial charge on any atom is 0.197 e. The number of sulfone groups is 1. The summed E-state index contributed by atoms with van der Waals surface area (Å²) in [7, 11) is -3.33. The number of fused-ring (bicyclic) bond motifs is 1. The third-order valence-electron chi connectivity index (χ3n) is 1.96. The monoisotopic (exact) mass is 226 g/mol. The van der Waals surface area contributed by atoms with Gasteiger partial charge in [0.05, 0.1) is 12.1 Å². The van der Waals surface area contributed by atoms with Crippen LogP contribution < -0.4 is 0 Å². The fraction of sp³-hybridized carbons (Fsp3) is 0.375. The molecular weight excluding hydrogens is 216 g/mol. The normalized spacial score (nSPS) is 12.1. The molecule has 0 aliphatic heterocycles. The van der Waals surface area contributed by atoms with Gasteiger partial charge in [0.15, 0.2) is 20.5 Å². The topological polar surface area (TPSA) is 88.6 Å². The molecule has 2 rings (SSSR count). The summed E-state index contributed by atoms with van der Waals surface area (Å²) < 4.78 is 23.6. The maximum atomic E-state index is 11.8. The molecule has 15 heavy (non-hydrogen) atoms. The van der Waals surface area contributed by atoms with E-state index in [1.54, 1.807) is 0 Å². The summed E-state index contributed by atoms with van der Waals surface area (Å²) in [6.07, 6.45) is 3.18. The van der Waals surface area contributed by atoms with Gasteiger partial charge >= 0.3 is 0 Å². The molecule has 0 unspecified atom stereocenters. The smallest absolute Gasteiger partial charge is 0.197 e. The molecule has 80 valence electrons. The number of nitrogens with one attached hydrogen (secondary N) is 1. The molecule has 2 heterocycles. The largest absolute Gasteiger partial charge is 0.341 e. The average Bonchev–Trinajstić information content (AvgIpc) is 2.64. The highest BCUT2D eigenvalue weighted by Gasteiger charge is 2.19. The molecule has 0 atom stereocenters. The van der Waals surface area contributed by atoms with Gasteiger partial charge in [0.25, 0.3) is 0 Å². The molecule has 0 aromatic carbocycles. The number of aromatic nitrogens is 4. The number of H-pyrrole nitrogens is 1. The van der Waals surface area contributed by atoms with Gasteiger partial charge in [-0.15, -0.1) is 0 Å². The molecule has 2 aromatic rings. The first-order chi connectivity index (χ1) is 7.15. The van der Waals surface area contributed by atoms with Crippen molar-refractivity contribution in [2.45, 2.75) is 18.4 Å². The molecule has 0 aliphatic carbocycles. The summed E-state index contributed by atoms with van der Waals surface area (Å²) in [5.41, 5.74) is 0.755. The van der Waals surface area contributed by atoms with Gasteiger partial charge in [0.2, 0.25) is 0 Å². The Morgan fingerprint density at radius 2 is 2.13 bits per heavy atom. The molecule has 0 radical (unpaired) electrons. The lowest BCUT2D eigenvalue weighted by atomic mass is 10.6. The maximum absolute atomic E-state index is 11.8. The highest BCUT2D eigenvalue weighted by atomic mass is 32.2. The van der Waals surface area contributed by atoms with E-state index in [2.05, 4.69) is 19.9 Å². The number of nitrogens with zero attached hydrogens (tertiary/aromatic N) is 3. The summed E-state index contributed by atoms with van der Waals surface area (Å²) in [4.78, 5) is 14.3. The Labute approximate surface area is 86.7 Å². The minimum absolute atomic E-state index is 0.0341. The van der Waals surface area contributed by atoms with Crippen molar-refractivity contribution in [1.82, 2.24) is 19.9 Å². The number of hydrogen-bond acceptors (Lipinski definition) is 5. The van der Waals surface area contributed by atoms with Crippen LogP contribution in [-0.4, -0.2) is 34.1 Å². The second-order valence-electron chi connectivity index (χ2n) is 3.10. The second kappa shape index (κ2) is 3.58. The molecule has 0 fully saturated rings. The summed E-state index contributed by atoms with van der Waals surface area (Å²) in [5.74, 6) is 0.0815. The molecule has 0 bridgehead atoms. The molecule has 0 saturated carbocycles. The summed E-state index contributed by atoms with van der Waals surface area (Å²) in [6, 6.07) is 0. The van der Waals surface area contributed by atoms with Crippen molar-refractivity contribution in [2.75, 3.05) is 5.75 Å². The van der Waals surface area contributed by atoms with Gasteiger partial charge in [-0.25, -0.2) is 23.4 Å². The highest BCUT2D eigenvalue weighted by molar-refractivity contribution is 7.91. The van der Waals surface area contributed by atoms with Gasteiger partial charge < -0.3 is 4.98 Å². The van der Waals surface area contributed by atoms with Crippen LogP contribution in [0.25, 0.3) is 11.2 Å². The Morgan fingerprint density at radius 3 is 2.87 bits per heavy atom. The van der Waals surface area contributed by atoms with E-state index in [-0.39, 0.29) is 10.8 Å². The number of aromatic amines is 1. The van der Waals surface area contributed by atoms with Gasteiger partial charge in [-0.1, -0.05) is 6.92 Å². The zero-order valence-electron chi connectivity index (χ0n) is 8.14. The summed E-state index contributed by atoms with van der Waals surface area (Å²) >= 11 is 0. The quantitative estimate of drug-likeness (QED) is 0.771. The molecule has 0 aliphatic rings. The van der Waals surface area contributed by atoms with Crippen LogP contribution >= 0.6 is 0 Å². The average molecular weight is 226 g/mol. The van der Waals surface area contributed by atoms with Crippen molar-refractivity contribution in [1.29, 1.82) is 0 Å². The molecule has 0 spiro atoms. The third-order valence-corrected chi connectivity index (χ3v) is 3.80. The lowest BCUT2D eigenvalue weighted by molar-refractivity contribution is 0.591. The zero-order chi connectivity index (χ0) is 10.9. The molecule has 0 saturated heterocycles. The van der Waals surface area contributed by atoms with Crippen molar-refractivity contribution in [3.8, 4) is 0 Å². The van der Waals surface area contributed by atoms with E-state index in [4.69, 9.17) is 0 Å². The van der Waals surface area contributed by atoms with E-state index in [0.29, 0.717) is 17.6 Å². The van der Waals surface area contributed by atoms with Gasteiger partial charge in [-0.05, 0) is 6.42 Å². The fourth-order valence-electron chi connectivity index (χ4n) is 1.34. The lowest BCUT2D eigenvalue weighted by Gasteiger charge is -2.01. The molecule has 6 nitrogen and oxygen atoms in total. The predicted octanol–water partition coefficient (Wildman–Crippen LogP) is 0.537. The summed E-state index contributed by atoms with van der Waals surface area (Å²) in [6.45, 7) is 1.81. The van der Waals surface area contributed by atoms with E-state index in [9.17, 15) is 8.42 Å². The third kappa shape index (κ3) is 1.70. The number of rotatable bonds is 3. The van der Waals surface area contributed by atoms with Gasteiger partial charge in [-0.2, -0.15) is 0 Å². The fourth-order valence-corrected chi connectivity index (χ4v) is 2.74. The Morgan fingerprint density at radius 1 is 1.33 bits per heavy atom. The van der Waals surface area contributed by atoms with Gasteiger partial charge in [0.1, 0.15) is 11.8 Å². The number of imidazole rings is 1. The predicted molar refractivity (Wildman–Crippen MR) is 54.0 cm³/mol. The van der Waals surface area contributed by atoms with Crippen LogP contribution in [0.3, 0.4) is 0 Å². The van der Waals surface area contributed by atoms with Crippen molar-refractivity contribution < 1.29 is 8.42 Å². The zero-order valence-corrected chi connectivity index (χ0v) is 8.95. The van der Waals surface area contributed by atoms with Crippen molar-refractivity contribution in [3.63, 3.8) is 0 Å². The molecule has 7 heteroatoms. The Balaban J connectivity index is 2.66. The molecular formula is C8H10N4O2S. The minimum Gasteiger partial charge on any atom is -0.341 e. The first-order valence-electron chi connectivity index (χ1n) is 4.52. The lowest BCUT2D eigenvalue weighted by Crippen LogP contribution is -2.09. The van der Waals surface area contributed by atoms with Gasteiger partial charge in [-0.3, -0.25) is 0 Å². The van der Waals surface area contributed by atoms with Crippen molar-refractivity contribution in [3.05, 3.63) is 12.7 Å². The molecule has 2 aromatic heterocycles. The first-order valence-corrected chi connectivity index (χ1v) is 6.17. The van der Waals surface area contributed by atoms with E-state index in [1.807, 2.05) is 6.92 Å². The standard InChI is InChI=1S/C8H10N4O2S/c1-2-3-15(13,14)8-6-7(10-4-9-6)11-5-12-8/h4-5H,2-3H2,1H3,(H,9,10,11,12). The summed E-state index contributed by atoms with van der Waals surface area (Å²) in [5, 5.41) is 0.0341. The van der Waals surface area contributed by atoms with Crippen LogP contribution in [-0.2, 0) is 9.84 Å². The second-order valence-corrected chi connectivity index (χ2v) is 5.12. The van der Waals surface area contributed by atoms with E-state index in [1.165, 1.54) is 12.7 Å². The van der Waals surface area contributed by atoms with Crippen molar-refractivity contribution >= 4 is 21.0 Å². The first kappa shape index (κ1) is 10.0. The van der Waals surface area contributed by atoms with Crippen LogP contribution in [0, 0.1) is 0 Å². The van der Waals surface area contributed by atoms with Crippen LogP contribution in [0.5, 0.6) is 0 Å². The van der Waals surface area contributed by atoms with Crippen LogP contribution in [0.15, 0.2) is 17.7 Å². The Bertz CT molecular complexity index is 575. The Hall–Kier alpha value is -1.50. The van der Waals surface area contributed by atoms with Crippen LogP contribution in [0.2, 0.25) is 0 Å². The Kier molecular flexibility index (Phi) is 2.39. The highest BCUT2D eigenvalue weighted by Crippen LogP contribution is 2.16. The van der Waals surface area contributed by atoms with Crippen LogP contribution in [0.1, 0.15) is 13.3 Å². The SMILES string of the molecule is CCCS(=O)(=O)c1ncnc2nc[nH]c12. The van der Waals surface area contributed by atoms with Gasteiger partial charge in [0, 0.05) is 0 Å². The molecule has 0 amide bonds. The van der Waals surface area contributed by atoms with Crippen molar-refractivity contribution in [2.24, 2.45) is 0 Å². The van der Waals surface area contributed by atoms with E-state index >= 15 is 0 Å². The van der Waals surface area contributed by atoms with E-state index < -0.39 is 9.84 Å². The van der Waals surface area contributed by atoms with E-state index in [0.717, 1.165) is 0 Å².